The number of methoxy groups -OCH3 is 1. The third kappa shape index (κ3) is 3.20. The van der Waals surface area contributed by atoms with E-state index in [1.807, 2.05) is 24.1 Å². The molecule has 1 unspecified atom stereocenters. The maximum absolute atomic E-state index is 13.2. The van der Waals surface area contributed by atoms with Crippen LogP contribution in [0, 0.1) is 5.41 Å². The standard InChI is InChI=1S/C18H27N3O2/c1-18(8-5-4-6-9-18)17(22)21-10-7-16(23-3)15(21)11-14-12-19-20(2)13-14/h4-5,12-13,15-16H,6-11H2,1-3H3/t15-,16+,18?/m0/s1. The Bertz CT molecular complexity index is 595. The highest BCUT2D eigenvalue weighted by atomic mass is 16.5. The van der Waals surface area contributed by atoms with Gasteiger partial charge in [-0.1, -0.05) is 19.1 Å². The van der Waals surface area contributed by atoms with E-state index in [-0.39, 0.29) is 23.5 Å². The Morgan fingerprint density at radius 3 is 2.91 bits per heavy atom. The highest BCUT2D eigenvalue weighted by molar-refractivity contribution is 5.83. The van der Waals surface area contributed by atoms with Crippen LogP contribution < -0.4 is 0 Å². The minimum Gasteiger partial charge on any atom is -0.379 e. The van der Waals surface area contributed by atoms with E-state index < -0.39 is 0 Å². The Labute approximate surface area is 138 Å². The van der Waals surface area contributed by atoms with Crippen LogP contribution in [0.25, 0.3) is 0 Å². The van der Waals surface area contributed by atoms with Crippen LogP contribution in [-0.4, -0.2) is 46.4 Å². The van der Waals surface area contributed by atoms with Gasteiger partial charge in [-0.05, 0) is 37.7 Å². The molecule has 1 aromatic heterocycles. The lowest BCUT2D eigenvalue weighted by Crippen LogP contribution is -2.48. The van der Waals surface area contributed by atoms with E-state index in [9.17, 15) is 4.79 Å². The third-order valence-electron chi connectivity index (χ3n) is 5.36. The summed E-state index contributed by atoms with van der Waals surface area (Å²) in [7, 11) is 3.67. The molecule has 5 nitrogen and oxygen atoms in total. The van der Waals surface area contributed by atoms with Crippen molar-refractivity contribution in [2.45, 2.75) is 51.2 Å². The normalized spacial score (nSPS) is 30.8. The smallest absolute Gasteiger partial charge is 0.229 e. The zero-order valence-corrected chi connectivity index (χ0v) is 14.4. The second-order valence-electron chi connectivity index (χ2n) is 7.13. The fourth-order valence-electron chi connectivity index (χ4n) is 3.92. The van der Waals surface area contributed by atoms with Crippen LogP contribution in [0.3, 0.4) is 0 Å². The van der Waals surface area contributed by atoms with Crippen molar-refractivity contribution in [1.82, 2.24) is 14.7 Å². The number of nitrogens with zero attached hydrogens (tertiary/aromatic N) is 3. The van der Waals surface area contributed by atoms with Gasteiger partial charge >= 0.3 is 0 Å². The maximum atomic E-state index is 13.2. The van der Waals surface area contributed by atoms with Gasteiger partial charge in [-0.25, -0.2) is 0 Å². The van der Waals surface area contributed by atoms with E-state index in [4.69, 9.17) is 4.74 Å². The predicted molar refractivity (Wildman–Crippen MR) is 88.9 cm³/mol. The van der Waals surface area contributed by atoms with Gasteiger partial charge in [0.15, 0.2) is 0 Å². The van der Waals surface area contributed by atoms with Crippen LogP contribution in [-0.2, 0) is 23.0 Å². The molecule has 0 saturated carbocycles. The molecule has 0 bridgehead atoms. The number of ether oxygens (including phenoxy) is 1. The predicted octanol–water partition coefficient (Wildman–Crippen LogP) is 2.32. The molecule has 1 amide bonds. The number of hydrogen-bond donors (Lipinski definition) is 0. The highest BCUT2D eigenvalue weighted by Gasteiger charge is 2.44. The number of likely N-dealkylation sites (tertiary alicyclic amines) is 1. The van der Waals surface area contributed by atoms with Crippen LogP contribution in [0.2, 0.25) is 0 Å². The van der Waals surface area contributed by atoms with Gasteiger partial charge < -0.3 is 9.64 Å². The van der Waals surface area contributed by atoms with Gasteiger partial charge in [-0.3, -0.25) is 9.48 Å². The Balaban J connectivity index is 1.79. The number of allylic oxidation sites excluding steroid dienone is 2. The zero-order chi connectivity index (χ0) is 16.4. The number of carbonyl (C=O) groups is 1. The van der Waals surface area contributed by atoms with Gasteiger partial charge in [0.05, 0.1) is 23.8 Å². The summed E-state index contributed by atoms with van der Waals surface area (Å²) in [5.74, 6) is 0.287. The van der Waals surface area contributed by atoms with Gasteiger partial charge in [0.1, 0.15) is 0 Å². The second kappa shape index (κ2) is 6.48. The van der Waals surface area contributed by atoms with E-state index >= 15 is 0 Å². The number of carbonyl (C=O) groups excluding carboxylic acids is 1. The van der Waals surface area contributed by atoms with Crippen LogP contribution in [0.15, 0.2) is 24.5 Å². The number of rotatable bonds is 4. The summed E-state index contributed by atoms with van der Waals surface area (Å²) in [6, 6.07) is 0.111. The van der Waals surface area contributed by atoms with Gasteiger partial charge in [0, 0.05) is 26.9 Å². The summed E-state index contributed by atoms with van der Waals surface area (Å²) in [6.07, 6.45) is 12.9. The van der Waals surface area contributed by atoms with Crippen LogP contribution >= 0.6 is 0 Å². The molecule has 1 fully saturated rings. The number of hydrogen-bond acceptors (Lipinski definition) is 3. The van der Waals surface area contributed by atoms with E-state index in [1.54, 1.807) is 7.11 Å². The number of amides is 1. The van der Waals surface area contributed by atoms with Crippen molar-refractivity contribution in [1.29, 1.82) is 0 Å². The fraction of sp³-hybridized carbons (Fsp3) is 0.667. The molecular formula is C18H27N3O2. The Morgan fingerprint density at radius 1 is 1.48 bits per heavy atom. The molecule has 0 aromatic carbocycles. The highest BCUT2D eigenvalue weighted by Crippen LogP contribution is 2.37. The Hall–Kier alpha value is -1.62. The average molecular weight is 317 g/mol. The van der Waals surface area contributed by atoms with Crippen molar-refractivity contribution in [2.24, 2.45) is 12.5 Å². The van der Waals surface area contributed by atoms with Gasteiger partial charge in [-0.2, -0.15) is 5.10 Å². The largest absolute Gasteiger partial charge is 0.379 e. The molecule has 0 radical (unpaired) electrons. The van der Waals surface area contributed by atoms with Crippen LogP contribution in [0.1, 0.15) is 38.2 Å². The molecule has 2 aliphatic rings. The van der Waals surface area contributed by atoms with E-state index in [1.165, 1.54) is 0 Å². The fourth-order valence-corrected chi connectivity index (χ4v) is 3.92. The molecule has 1 aliphatic carbocycles. The number of aryl methyl sites for hydroxylation is 1. The minimum atomic E-state index is -0.259. The Morgan fingerprint density at radius 2 is 2.30 bits per heavy atom. The monoisotopic (exact) mass is 317 g/mol. The lowest BCUT2D eigenvalue weighted by atomic mass is 9.77. The van der Waals surface area contributed by atoms with Crippen molar-refractivity contribution in [2.75, 3.05) is 13.7 Å². The Kier molecular flexibility index (Phi) is 4.57. The summed E-state index contributed by atoms with van der Waals surface area (Å²) in [4.78, 5) is 15.3. The minimum absolute atomic E-state index is 0.111. The first-order valence-corrected chi connectivity index (χ1v) is 8.50. The summed E-state index contributed by atoms with van der Waals surface area (Å²) in [6.45, 7) is 2.90. The van der Waals surface area contributed by atoms with Gasteiger partial charge in [-0.15, -0.1) is 0 Å². The quantitative estimate of drug-likeness (QED) is 0.801. The van der Waals surface area contributed by atoms with Crippen molar-refractivity contribution in [3.05, 3.63) is 30.1 Å². The van der Waals surface area contributed by atoms with Crippen LogP contribution in [0.4, 0.5) is 0 Å². The zero-order valence-electron chi connectivity index (χ0n) is 14.4. The van der Waals surface area contributed by atoms with E-state index in [0.29, 0.717) is 0 Å². The molecule has 2 heterocycles. The first kappa shape index (κ1) is 16.2. The topological polar surface area (TPSA) is 47.4 Å². The third-order valence-corrected chi connectivity index (χ3v) is 5.36. The van der Waals surface area contributed by atoms with Gasteiger partial charge in [0.25, 0.3) is 0 Å². The van der Waals surface area contributed by atoms with Crippen LogP contribution in [0.5, 0.6) is 0 Å². The maximum Gasteiger partial charge on any atom is 0.229 e. The molecule has 0 N–H and O–H groups in total. The molecule has 0 spiro atoms. The lowest BCUT2D eigenvalue weighted by molar-refractivity contribution is -0.143. The summed E-state index contributed by atoms with van der Waals surface area (Å²) < 4.78 is 7.48. The molecule has 23 heavy (non-hydrogen) atoms. The van der Waals surface area contributed by atoms with Crippen molar-refractivity contribution < 1.29 is 9.53 Å². The molecular weight excluding hydrogens is 290 g/mol. The molecule has 1 aliphatic heterocycles. The molecule has 1 aromatic rings. The van der Waals surface area contributed by atoms with E-state index in [2.05, 4.69) is 29.1 Å². The van der Waals surface area contributed by atoms with Crippen molar-refractivity contribution in [3.63, 3.8) is 0 Å². The molecule has 126 valence electrons. The van der Waals surface area contributed by atoms with Crippen molar-refractivity contribution >= 4 is 5.91 Å². The summed E-state index contributed by atoms with van der Waals surface area (Å²) in [5, 5.41) is 4.25. The SMILES string of the molecule is CO[C@@H]1CCN(C(=O)C2(C)CC=CCC2)[C@H]1Cc1cnn(C)c1. The van der Waals surface area contributed by atoms with Gasteiger partial charge in [0.2, 0.25) is 5.91 Å². The lowest BCUT2D eigenvalue weighted by Gasteiger charge is -2.37. The summed E-state index contributed by atoms with van der Waals surface area (Å²) in [5.41, 5.74) is 0.901. The summed E-state index contributed by atoms with van der Waals surface area (Å²) >= 11 is 0. The first-order chi connectivity index (χ1) is 11.0. The van der Waals surface area contributed by atoms with E-state index in [0.717, 1.165) is 44.2 Å². The molecule has 3 atom stereocenters. The number of aromatic nitrogens is 2. The first-order valence-electron chi connectivity index (χ1n) is 8.50. The molecule has 1 saturated heterocycles. The van der Waals surface area contributed by atoms with Crippen molar-refractivity contribution in [3.8, 4) is 0 Å². The average Bonchev–Trinajstić information content (AvgIpc) is 3.14. The molecule has 5 heteroatoms. The molecule has 3 rings (SSSR count). The second-order valence-corrected chi connectivity index (χ2v) is 7.13.